The largest absolute Gasteiger partial charge is 0.385 e. The number of unbranched alkanes of at least 4 members (excludes halogenated alkanes) is 3. The third-order valence-electron chi connectivity index (χ3n) is 7.19. The third-order valence-corrected chi connectivity index (χ3v) is 7.19. The van der Waals surface area contributed by atoms with E-state index >= 15 is 0 Å². The summed E-state index contributed by atoms with van der Waals surface area (Å²) in [5.41, 5.74) is 12.2. The Morgan fingerprint density at radius 3 is 2.70 bits per heavy atom. The van der Waals surface area contributed by atoms with Gasteiger partial charge in [-0.3, -0.25) is 0 Å². The van der Waals surface area contributed by atoms with Gasteiger partial charge < -0.3 is 20.9 Å². The Bertz CT molecular complexity index is 1020. The fourth-order valence-electron chi connectivity index (χ4n) is 5.15. The summed E-state index contributed by atoms with van der Waals surface area (Å²) < 4.78 is 13.8. The smallest absolute Gasteiger partial charge is 0.123 e. The summed E-state index contributed by atoms with van der Waals surface area (Å²) in [5, 5.41) is 4.63. The van der Waals surface area contributed by atoms with Crippen molar-refractivity contribution in [3.63, 3.8) is 0 Å². The number of hydrogen-bond acceptors (Lipinski definition) is 3. The molecule has 4 nitrogen and oxygen atoms in total. The normalized spacial score (nSPS) is 15.4. The van der Waals surface area contributed by atoms with Crippen molar-refractivity contribution in [2.45, 2.75) is 64.3 Å². The van der Waals surface area contributed by atoms with Gasteiger partial charge in [-0.15, -0.1) is 0 Å². The van der Waals surface area contributed by atoms with Crippen LogP contribution >= 0.6 is 0 Å². The quantitative estimate of drug-likeness (QED) is 0.306. The monoisotopic (exact) mass is 450 g/mol. The summed E-state index contributed by atoms with van der Waals surface area (Å²) in [5.74, 6) is 0.339. The maximum atomic E-state index is 13.8. The Morgan fingerprint density at radius 1 is 1.06 bits per heavy atom. The molecule has 0 unspecified atom stereocenters. The van der Waals surface area contributed by atoms with E-state index in [2.05, 4.69) is 46.5 Å². The molecular formula is C28H39FN4. The van der Waals surface area contributed by atoms with E-state index in [4.69, 9.17) is 5.73 Å². The molecule has 1 aliphatic rings. The lowest BCUT2D eigenvalue weighted by Gasteiger charge is -2.32. The van der Waals surface area contributed by atoms with E-state index < -0.39 is 0 Å². The Labute approximate surface area is 197 Å². The van der Waals surface area contributed by atoms with Gasteiger partial charge in [-0.05, 0) is 91.7 Å². The van der Waals surface area contributed by atoms with E-state index in [0.29, 0.717) is 12.5 Å². The molecule has 4 rings (SSSR count). The molecule has 5 heteroatoms. The van der Waals surface area contributed by atoms with Gasteiger partial charge in [0.15, 0.2) is 0 Å². The number of nitrogens with two attached hydrogens (primary N) is 1. The number of piperidine rings is 1. The van der Waals surface area contributed by atoms with Crippen molar-refractivity contribution in [2.75, 3.05) is 31.5 Å². The summed E-state index contributed by atoms with van der Waals surface area (Å²) in [6, 6.07) is 11.7. The molecule has 0 saturated carbocycles. The van der Waals surface area contributed by atoms with Crippen molar-refractivity contribution in [3.8, 4) is 0 Å². The van der Waals surface area contributed by atoms with Crippen LogP contribution in [-0.4, -0.2) is 36.1 Å². The number of rotatable bonds is 11. The zero-order valence-corrected chi connectivity index (χ0v) is 20.0. The van der Waals surface area contributed by atoms with Gasteiger partial charge in [-0.2, -0.15) is 0 Å². The van der Waals surface area contributed by atoms with Gasteiger partial charge >= 0.3 is 0 Å². The lowest BCUT2D eigenvalue weighted by atomic mass is 9.89. The van der Waals surface area contributed by atoms with Gasteiger partial charge in [0.25, 0.3) is 0 Å². The summed E-state index contributed by atoms with van der Waals surface area (Å²) in [4.78, 5) is 5.88. The molecule has 1 aromatic heterocycles. The molecule has 0 radical (unpaired) electrons. The van der Waals surface area contributed by atoms with Gasteiger partial charge in [0.2, 0.25) is 0 Å². The highest BCUT2D eigenvalue weighted by Crippen LogP contribution is 2.33. The Balaban J connectivity index is 1.30. The van der Waals surface area contributed by atoms with Gasteiger partial charge in [0.1, 0.15) is 5.82 Å². The van der Waals surface area contributed by atoms with Crippen LogP contribution in [0.1, 0.15) is 68.1 Å². The first-order valence-corrected chi connectivity index (χ1v) is 12.7. The highest BCUT2D eigenvalue weighted by Gasteiger charge is 2.23. The van der Waals surface area contributed by atoms with Crippen molar-refractivity contribution in [1.82, 2.24) is 9.88 Å². The minimum atomic E-state index is -0.158. The molecule has 1 aliphatic heterocycles. The average Bonchev–Trinajstić information content (AvgIpc) is 3.26. The fraction of sp³-hybridized carbons (Fsp3) is 0.500. The first kappa shape index (κ1) is 23.8. The Morgan fingerprint density at radius 2 is 1.91 bits per heavy atom. The highest BCUT2D eigenvalue weighted by molar-refractivity contribution is 5.83. The average molecular weight is 451 g/mol. The standard InChI is InChI=1S/C28H39FN4/c1-2-3-4-5-13-31-25-8-6-23(19-30)22(17-25)12-16-33-14-10-21(11-15-33)27-20-32-28-9-7-24(29)18-26(27)28/h6-9,17-18,20-21,31-32H,2-5,10-16,19,30H2,1H3. The van der Waals surface area contributed by atoms with E-state index in [9.17, 15) is 4.39 Å². The maximum Gasteiger partial charge on any atom is 0.123 e. The number of anilines is 1. The van der Waals surface area contributed by atoms with Gasteiger partial charge in [0.05, 0.1) is 0 Å². The Hall–Kier alpha value is -2.37. The summed E-state index contributed by atoms with van der Waals surface area (Å²) >= 11 is 0. The third kappa shape index (κ3) is 6.15. The van der Waals surface area contributed by atoms with Crippen molar-refractivity contribution in [3.05, 3.63) is 65.1 Å². The SMILES string of the molecule is CCCCCCNc1ccc(CN)c(CCN2CCC(c3c[nH]c4ccc(F)cc34)CC2)c1. The first-order chi connectivity index (χ1) is 16.2. The van der Waals surface area contributed by atoms with Gasteiger partial charge in [-0.1, -0.05) is 32.3 Å². The molecule has 2 aromatic carbocycles. The van der Waals surface area contributed by atoms with E-state index in [1.807, 2.05) is 6.07 Å². The number of nitrogens with one attached hydrogen (secondary N) is 2. The first-order valence-electron chi connectivity index (χ1n) is 12.7. The number of H-pyrrole nitrogens is 1. The number of benzene rings is 2. The number of aromatic nitrogens is 1. The van der Waals surface area contributed by atoms with Gasteiger partial charge in [-0.25, -0.2) is 4.39 Å². The second-order valence-corrected chi connectivity index (χ2v) is 9.47. The summed E-state index contributed by atoms with van der Waals surface area (Å²) in [7, 11) is 0. The zero-order chi connectivity index (χ0) is 23.0. The number of hydrogen-bond donors (Lipinski definition) is 3. The number of halogens is 1. The minimum absolute atomic E-state index is 0.158. The zero-order valence-electron chi connectivity index (χ0n) is 20.0. The number of fused-ring (bicyclic) bond motifs is 1. The molecule has 33 heavy (non-hydrogen) atoms. The minimum Gasteiger partial charge on any atom is -0.385 e. The van der Waals surface area contributed by atoms with Crippen LogP contribution in [0.2, 0.25) is 0 Å². The fourth-order valence-corrected chi connectivity index (χ4v) is 5.15. The molecule has 0 spiro atoms. The second kappa shape index (κ2) is 11.7. The summed E-state index contributed by atoms with van der Waals surface area (Å²) in [6.07, 6.45) is 10.4. The number of aromatic amines is 1. The van der Waals surface area contributed by atoms with Gasteiger partial charge in [0, 0.05) is 42.4 Å². The van der Waals surface area contributed by atoms with Crippen LogP contribution in [0.5, 0.6) is 0 Å². The molecule has 0 amide bonds. The van der Waals surface area contributed by atoms with E-state index in [0.717, 1.165) is 56.3 Å². The lowest BCUT2D eigenvalue weighted by Crippen LogP contribution is -2.34. The van der Waals surface area contributed by atoms with Crippen molar-refractivity contribution in [2.24, 2.45) is 5.73 Å². The molecule has 3 aromatic rings. The molecule has 178 valence electrons. The van der Waals surface area contributed by atoms with Crippen LogP contribution in [0, 0.1) is 5.82 Å². The molecular weight excluding hydrogens is 411 g/mol. The highest BCUT2D eigenvalue weighted by atomic mass is 19.1. The Kier molecular flexibility index (Phi) is 8.40. The van der Waals surface area contributed by atoms with Crippen molar-refractivity contribution < 1.29 is 4.39 Å². The molecule has 1 saturated heterocycles. The van der Waals surface area contributed by atoms with Crippen LogP contribution in [0.4, 0.5) is 10.1 Å². The van der Waals surface area contributed by atoms with E-state index in [-0.39, 0.29) is 5.82 Å². The van der Waals surface area contributed by atoms with E-state index in [1.165, 1.54) is 54.1 Å². The topological polar surface area (TPSA) is 57.1 Å². The molecule has 0 atom stereocenters. The lowest BCUT2D eigenvalue weighted by molar-refractivity contribution is 0.215. The van der Waals surface area contributed by atoms with Crippen LogP contribution in [-0.2, 0) is 13.0 Å². The molecule has 2 heterocycles. The number of nitrogens with zero attached hydrogens (tertiary/aromatic N) is 1. The predicted molar refractivity (Wildman–Crippen MR) is 137 cm³/mol. The van der Waals surface area contributed by atoms with Crippen LogP contribution in [0.15, 0.2) is 42.6 Å². The van der Waals surface area contributed by atoms with Crippen LogP contribution < -0.4 is 11.1 Å². The molecule has 1 fully saturated rings. The van der Waals surface area contributed by atoms with Crippen LogP contribution in [0.3, 0.4) is 0 Å². The predicted octanol–water partition coefficient (Wildman–Crippen LogP) is 6.18. The molecule has 0 bridgehead atoms. The van der Waals surface area contributed by atoms with Crippen LogP contribution in [0.25, 0.3) is 10.9 Å². The molecule has 4 N–H and O–H groups in total. The number of likely N-dealkylation sites (tertiary alicyclic amines) is 1. The van der Waals surface area contributed by atoms with Crippen molar-refractivity contribution >= 4 is 16.6 Å². The second-order valence-electron chi connectivity index (χ2n) is 9.47. The summed E-state index contributed by atoms with van der Waals surface area (Å²) in [6.45, 7) is 7.09. The maximum absolute atomic E-state index is 13.8. The van der Waals surface area contributed by atoms with E-state index in [1.54, 1.807) is 6.07 Å². The van der Waals surface area contributed by atoms with Crippen molar-refractivity contribution in [1.29, 1.82) is 0 Å². The molecule has 0 aliphatic carbocycles.